The van der Waals surface area contributed by atoms with E-state index in [1.165, 1.54) is 17.7 Å². The van der Waals surface area contributed by atoms with Gasteiger partial charge in [0, 0.05) is 12.1 Å². The molecule has 2 rings (SSSR count). The predicted octanol–water partition coefficient (Wildman–Crippen LogP) is 4.61. The van der Waals surface area contributed by atoms with Crippen LogP contribution in [0.3, 0.4) is 0 Å². The fraction of sp³-hybridized carbons (Fsp3) is 0.222. The number of non-ortho nitro benzene ring substituents is 1. The van der Waals surface area contributed by atoms with Crippen LogP contribution in [0.5, 0.6) is 11.5 Å². The number of rotatable bonds is 6. The van der Waals surface area contributed by atoms with Crippen LogP contribution in [0.1, 0.15) is 25.0 Å². The van der Waals surface area contributed by atoms with Gasteiger partial charge in [-0.2, -0.15) is 0 Å². The van der Waals surface area contributed by atoms with Gasteiger partial charge in [0.15, 0.2) is 11.5 Å². The molecule has 0 atom stereocenters. The summed E-state index contributed by atoms with van der Waals surface area (Å²) in [4.78, 5) is 10.2. The van der Waals surface area contributed by atoms with Gasteiger partial charge >= 0.3 is 0 Å². The molecule has 2 aromatic rings. The van der Waals surface area contributed by atoms with Crippen LogP contribution < -0.4 is 9.47 Å². The number of hydrogen-bond acceptors (Lipinski definition) is 4. The zero-order valence-electron chi connectivity index (χ0n) is 13.4. The Hall–Kier alpha value is -2.82. The molecule has 0 bridgehead atoms. The maximum Gasteiger partial charge on any atom is 0.269 e. The van der Waals surface area contributed by atoms with E-state index in [0.717, 1.165) is 11.1 Å². The average Bonchev–Trinajstić information content (AvgIpc) is 2.53. The summed E-state index contributed by atoms with van der Waals surface area (Å²) < 4.78 is 11.1. The van der Waals surface area contributed by atoms with Gasteiger partial charge in [-0.1, -0.05) is 17.7 Å². The SMILES string of the molecule is COc1cc(C=C(C)C)ccc1OCc1ccc([N+](=O)[O-])cc1. The third-order valence-electron chi connectivity index (χ3n) is 3.18. The van der Waals surface area contributed by atoms with Crippen LogP contribution in [0, 0.1) is 10.1 Å². The summed E-state index contributed by atoms with van der Waals surface area (Å²) in [6, 6.07) is 12.0. The lowest BCUT2D eigenvalue weighted by Crippen LogP contribution is -1.98. The summed E-state index contributed by atoms with van der Waals surface area (Å²) in [6.07, 6.45) is 2.06. The quantitative estimate of drug-likeness (QED) is 0.577. The fourth-order valence-corrected chi connectivity index (χ4v) is 2.10. The van der Waals surface area contributed by atoms with Crippen molar-refractivity contribution in [2.75, 3.05) is 7.11 Å². The Labute approximate surface area is 135 Å². The van der Waals surface area contributed by atoms with Gasteiger partial charge in [-0.3, -0.25) is 10.1 Å². The molecule has 0 N–H and O–H groups in total. The summed E-state index contributed by atoms with van der Waals surface area (Å²) in [5.41, 5.74) is 3.17. The van der Waals surface area contributed by atoms with E-state index in [-0.39, 0.29) is 5.69 Å². The van der Waals surface area contributed by atoms with Gasteiger partial charge in [0.2, 0.25) is 0 Å². The highest BCUT2D eigenvalue weighted by Crippen LogP contribution is 2.29. The smallest absolute Gasteiger partial charge is 0.269 e. The Bertz CT molecular complexity index is 716. The van der Waals surface area contributed by atoms with Gasteiger partial charge in [0.05, 0.1) is 12.0 Å². The molecule has 0 saturated heterocycles. The molecule has 5 heteroatoms. The van der Waals surface area contributed by atoms with Crippen molar-refractivity contribution >= 4 is 11.8 Å². The Kier molecular flexibility index (Phi) is 5.36. The molecular weight excluding hydrogens is 294 g/mol. The Morgan fingerprint density at radius 3 is 2.39 bits per heavy atom. The number of benzene rings is 2. The number of nitro groups is 1. The number of nitro benzene ring substituents is 1. The van der Waals surface area contributed by atoms with Crippen molar-refractivity contribution in [1.82, 2.24) is 0 Å². The summed E-state index contributed by atoms with van der Waals surface area (Å²) in [5.74, 6) is 1.29. The van der Waals surface area contributed by atoms with E-state index in [9.17, 15) is 10.1 Å². The summed E-state index contributed by atoms with van der Waals surface area (Å²) in [5, 5.41) is 10.6. The lowest BCUT2D eigenvalue weighted by atomic mass is 10.1. The van der Waals surface area contributed by atoms with E-state index in [0.29, 0.717) is 18.1 Å². The first-order chi connectivity index (χ1) is 11.0. The Morgan fingerprint density at radius 2 is 1.83 bits per heavy atom. The third kappa shape index (κ3) is 4.57. The molecular formula is C18H19NO4. The highest BCUT2D eigenvalue weighted by atomic mass is 16.6. The number of methoxy groups -OCH3 is 1. The Balaban J connectivity index is 2.10. The first kappa shape index (κ1) is 16.5. The van der Waals surface area contributed by atoms with Crippen molar-refractivity contribution < 1.29 is 14.4 Å². The normalized spacial score (nSPS) is 10.0. The maximum atomic E-state index is 10.6. The van der Waals surface area contributed by atoms with Gasteiger partial charge in [-0.05, 0) is 49.2 Å². The van der Waals surface area contributed by atoms with E-state index < -0.39 is 4.92 Å². The van der Waals surface area contributed by atoms with Gasteiger partial charge < -0.3 is 9.47 Å². The highest BCUT2D eigenvalue weighted by Gasteiger charge is 2.07. The molecule has 0 aromatic heterocycles. The van der Waals surface area contributed by atoms with Crippen LogP contribution >= 0.6 is 0 Å². The largest absolute Gasteiger partial charge is 0.493 e. The molecule has 0 aliphatic rings. The van der Waals surface area contributed by atoms with Gasteiger partial charge in [0.1, 0.15) is 6.61 Å². The molecule has 0 unspecified atom stereocenters. The van der Waals surface area contributed by atoms with Crippen LogP contribution in [0.15, 0.2) is 48.0 Å². The molecule has 5 nitrogen and oxygen atoms in total. The standard InChI is InChI=1S/C18H19NO4/c1-13(2)10-15-6-9-17(18(11-15)22-3)23-12-14-4-7-16(8-5-14)19(20)21/h4-11H,12H2,1-3H3. The van der Waals surface area contributed by atoms with E-state index in [4.69, 9.17) is 9.47 Å². The number of ether oxygens (including phenoxy) is 2. The predicted molar refractivity (Wildman–Crippen MR) is 89.7 cm³/mol. The summed E-state index contributed by atoms with van der Waals surface area (Å²) >= 11 is 0. The second-order valence-electron chi connectivity index (χ2n) is 5.34. The van der Waals surface area contributed by atoms with Gasteiger partial charge in [0.25, 0.3) is 5.69 Å². The minimum atomic E-state index is -0.421. The second kappa shape index (κ2) is 7.45. The molecule has 120 valence electrons. The molecule has 0 aliphatic heterocycles. The van der Waals surface area contributed by atoms with E-state index >= 15 is 0 Å². The molecule has 0 aliphatic carbocycles. The number of hydrogen-bond donors (Lipinski definition) is 0. The highest BCUT2D eigenvalue weighted by molar-refractivity contribution is 5.57. The van der Waals surface area contributed by atoms with Crippen molar-refractivity contribution in [3.8, 4) is 11.5 Å². The number of allylic oxidation sites excluding steroid dienone is 1. The first-order valence-electron chi connectivity index (χ1n) is 7.18. The van der Waals surface area contributed by atoms with Crippen LogP contribution in [-0.4, -0.2) is 12.0 Å². The average molecular weight is 313 g/mol. The summed E-state index contributed by atoms with van der Waals surface area (Å²) in [6.45, 7) is 4.38. The van der Waals surface area contributed by atoms with Crippen LogP contribution in [0.4, 0.5) is 5.69 Å². The second-order valence-corrected chi connectivity index (χ2v) is 5.34. The molecule has 23 heavy (non-hydrogen) atoms. The topological polar surface area (TPSA) is 61.6 Å². The van der Waals surface area contributed by atoms with Crippen molar-refractivity contribution in [3.63, 3.8) is 0 Å². The van der Waals surface area contributed by atoms with Gasteiger partial charge in [-0.25, -0.2) is 0 Å². The monoisotopic (exact) mass is 313 g/mol. The molecule has 0 spiro atoms. The molecule has 0 saturated carbocycles. The van der Waals surface area contributed by atoms with Crippen molar-refractivity contribution in [3.05, 3.63) is 69.3 Å². The molecule has 0 fully saturated rings. The Morgan fingerprint density at radius 1 is 1.13 bits per heavy atom. The fourth-order valence-electron chi connectivity index (χ4n) is 2.10. The minimum Gasteiger partial charge on any atom is -0.493 e. The lowest BCUT2D eigenvalue weighted by Gasteiger charge is -2.11. The molecule has 2 aromatic carbocycles. The van der Waals surface area contributed by atoms with Crippen molar-refractivity contribution in [1.29, 1.82) is 0 Å². The number of nitrogens with zero attached hydrogens (tertiary/aromatic N) is 1. The van der Waals surface area contributed by atoms with E-state index in [1.807, 2.05) is 32.0 Å². The third-order valence-corrected chi connectivity index (χ3v) is 3.18. The van der Waals surface area contributed by atoms with Crippen LogP contribution in [0.2, 0.25) is 0 Å². The van der Waals surface area contributed by atoms with Gasteiger partial charge in [-0.15, -0.1) is 0 Å². The molecule has 0 amide bonds. The van der Waals surface area contributed by atoms with Crippen molar-refractivity contribution in [2.24, 2.45) is 0 Å². The van der Waals surface area contributed by atoms with Crippen molar-refractivity contribution in [2.45, 2.75) is 20.5 Å². The van der Waals surface area contributed by atoms with E-state index in [2.05, 4.69) is 6.08 Å². The molecule has 0 heterocycles. The molecule has 0 radical (unpaired) electrons. The van der Waals surface area contributed by atoms with E-state index in [1.54, 1.807) is 19.2 Å². The zero-order chi connectivity index (χ0) is 16.8. The lowest BCUT2D eigenvalue weighted by molar-refractivity contribution is -0.384. The van der Waals surface area contributed by atoms with Crippen LogP contribution in [-0.2, 0) is 6.61 Å². The summed E-state index contributed by atoms with van der Waals surface area (Å²) in [7, 11) is 1.60. The first-order valence-corrected chi connectivity index (χ1v) is 7.18. The maximum absolute atomic E-state index is 10.6. The minimum absolute atomic E-state index is 0.0670. The van der Waals surface area contributed by atoms with Crippen LogP contribution in [0.25, 0.3) is 6.08 Å². The zero-order valence-corrected chi connectivity index (χ0v) is 13.4.